The van der Waals surface area contributed by atoms with Crippen LogP contribution in [0.5, 0.6) is 0 Å². The lowest BCUT2D eigenvalue weighted by molar-refractivity contribution is 0.281. The predicted molar refractivity (Wildman–Crippen MR) is 78.1 cm³/mol. The standard InChI is InChI=1S/C13H21N3O2S/c1-11-6-5-9-16(10-11)19(17,18)15(2)13-8-4-3-7-12(13)14/h3-4,7-8,11H,5-6,9-10,14H2,1-2H3. The van der Waals surface area contributed by atoms with E-state index >= 15 is 0 Å². The zero-order valence-corrected chi connectivity index (χ0v) is 12.2. The van der Waals surface area contributed by atoms with Crippen molar-refractivity contribution < 1.29 is 8.42 Å². The van der Waals surface area contributed by atoms with Gasteiger partial charge in [0.05, 0.1) is 11.4 Å². The second-order valence-electron chi connectivity index (χ2n) is 5.14. The highest BCUT2D eigenvalue weighted by atomic mass is 32.2. The molecule has 1 heterocycles. The minimum atomic E-state index is -3.48. The molecule has 1 aromatic carbocycles. The molecule has 19 heavy (non-hydrogen) atoms. The molecule has 0 spiro atoms. The molecule has 0 saturated carbocycles. The van der Waals surface area contributed by atoms with Crippen molar-refractivity contribution in [3.05, 3.63) is 24.3 Å². The fourth-order valence-corrected chi connectivity index (χ4v) is 3.99. The number of anilines is 2. The number of nitrogens with zero attached hydrogens (tertiary/aromatic N) is 2. The molecule has 1 saturated heterocycles. The van der Waals surface area contributed by atoms with Gasteiger partial charge < -0.3 is 5.73 Å². The summed E-state index contributed by atoms with van der Waals surface area (Å²) in [4.78, 5) is 0. The van der Waals surface area contributed by atoms with Crippen molar-refractivity contribution in [1.82, 2.24) is 4.31 Å². The third-order valence-corrected chi connectivity index (χ3v) is 5.44. The predicted octanol–water partition coefficient (Wildman–Crippen LogP) is 1.68. The summed E-state index contributed by atoms with van der Waals surface area (Å²) in [5, 5.41) is 0. The largest absolute Gasteiger partial charge is 0.397 e. The maximum atomic E-state index is 12.6. The van der Waals surface area contributed by atoms with Gasteiger partial charge in [0, 0.05) is 20.1 Å². The highest BCUT2D eigenvalue weighted by molar-refractivity contribution is 7.90. The highest BCUT2D eigenvalue weighted by Gasteiger charge is 2.31. The number of nitrogens with two attached hydrogens (primary N) is 1. The van der Waals surface area contributed by atoms with E-state index < -0.39 is 10.2 Å². The van der Waals surface area contributed by atoms with Crippen LogP contribution in [0, 0.1) is 5.92 Å². The van der Waals surface area contributed by atoms with Crippen LogP contribution in [0.4, 0.5) is 11.4 Å². The van der Waals surface area contributed by atoms with E-state index in [2.05, 4.69) is 6.92 Å². The number of para-hydroxylation sites is 2. The van der Waals surface area contributed by atoms with Gasteiger partial charge in [0.15, 0.2) is 0 Å². The second kappa shape index (κ2) is 5.38. The Morgan fingerprint density at radius 2 is 2.05 bits per heavy atom. The first-order chi connectivity index (χ1) is 8.93. The Hall–Kier alpha value is -1.27. The first-order valence-corrected chi connectivity index (χ1v) is 7.91. The van der Waals surface area contributed by atoms with E-state index in [0.717, 1.165) is 12.8 Å². The Morgan fingerprint density at radius 3 is 2.68 bits per heavy atom. The molecule has 0 amide bonds. The molecule has 2 rings (SSSR count). The Bertz CT molecular complexity index is 545. The van der Waals surface area contributed by atoms with Crippen LogP contribution in [0.25, 0.3) is 0 Å². The molecule has 1 aliphatic rings. The second-order valence-corrected chi connectivity index (χ2v) is 7.10. The molecule has 0 aliphatic carbocycles. The van der Waals surface area contributed by atoms with Gasteiger partial charge >= 0.3 is 10.2 Å². The molecule has 0 radical (unpaired) electrons. The fourth-order valence-electron chi connectivity index (χ4n) is 2.43. The minimum Gasteiger partial charge on any atom is -0.397 e. The van der Waals surface area contributed by atoms with Crippen LogP contribution in [0.3, 0.4) is 0 Å². The molecule has 1 aliphatic heterocycles. The number of rotatable bonds is 3. The van der Waals surface area contributed by atoms with Gasteiger partial charge in [0.25, 0.3) is 0 Å². The Labute approximate surface area is 115 Å². The molecule has 2 N–H and O–H groups in total. The molecular weight excluding hydrogens is 262 g/mol. The smallest absolute Gasteiger partial charge is 0.303 e. The zero-order chi connectivity index (χ0) is 14.0. The fraction of sp³-hybridized carbons (Fsp3) is 0.538. The lowest BCUT2D eigenvalue weighted by Crippen LogP contribution is -2.46. The van der Waals surface area contributed by atoms with Crippen LogP contribution in [-0.2, 0) is 10.2 Å². The van der Waals surface area contributed by atoms with Gasteiger partial charge in [-0.15, -0.1) is 0 Å². The number of nitrogen functional groups attached to an aromatic ring is 1. The van der Waals surface area contributed by atoms with E-state index in [1.54, 1.807) is 35.6 Å². The molecule has 5 nitrogen and oxygen atoms in total. The maximum Gasteiger partial charge on any atom is 0.303 e. The van der Waals surface area contributed by atoms with Gasteiger partial charge in [-0.1, -0.05) is 19.1 Å². The van der Waals surface area contributed by atoms with Crippen LogP contribution in [0.1, 0.15) is 19.8 Å². The monoisotopic (exact) mass is 283 g/mol. The van der Waals surface area contributed by atoms with E-state index in [-0.39, 0.29) is 0 Å². The van der Waals surface area contributed by atoms with Crippen molar-refractivity contribution >= 4 is 21.6 Å². The summed E-state index contributed by atoms with van der Waals surface area (Å²) in [5.74, 6) is 0.407. The lowest BCUT2D eigenvalue weighted by atomic mass is 10.0. The topological polar surface area (TPSA) is 66.6 Å². The molecule has 1 atom stereocenters. The summed E-state index contributed by atoms with van der Waals surface area (Å²) in [6.07, 6.45) is 2.00. The van der Waals surface area contributed by atoms with Gasteiger partial charge in [-0.05, 0) is 30.9 Å². The first-order valence-electron chi connectivity index (χ1n) is 6.51. The normalized spacial score (nSPS) is 21.3. The van der Waals surface area contributed by atoms with E-state index in [4.69, 9.17) is 5.73 Å². The Balaban J connectivity index is 2.26. The van der Waals surface area contributed by atoms with Crippen molar-refractivity contribution in [3.63, 3.8) is 0 Å². The van der Waals surface area contributed by atoms with Gasteiger partial charge in [0.1, 0.15) is 0 Å². The number of benzene rings is 1. The molecule has 0 bridgehead atoms. The van der Waals surface area contributed by atoms with Crippen LogP contribution >= 0.6 is 0 Å². The van der Waals surface area contributed by atoms with Gasteiger partial charge in [-0.2, -0.15) is 12.7 Å². The summed E-state index contributed by atoms with van der Waals surface area (Å²) in [6, 6.07) is 7.01. The molecule has 6 heteroatoms. The highest BCUT2D eigenvalue weighted by Crippen LogP contribution is 2.27. The Morgan fingerprint density at radius 1 is 1.37 bits per heavy atom. The van der Waals surface area contributed by atoms with Crippen LogP contribution in [0.2, 0.25) is 0 Å². The third-order valence-electron chi connectivity index (χ3n) is 3.57. The van der Waals surface area contributed by atoms with Crippen LogP contribution in [0.15, 0.2) is 24.3 Å². The minimum absolute atomic E-state index is 0.407. The van der Waals surface area contributed by atoms with Gasteiger partial charge in [-0.3, -0.25) is 4.31 Å². The average molecular weight is 283 g/mol. The quantitative estimate of drug-likeness (QED) is 0.858. The van der Waals surface area contributed by atoms with Gasteiger partial charge in [0.2, 0.25) is 0 Å². The van der Waals surface area contributed by atoms with Crippen LogP contribution in [-0.4, -0.2) is 32.9 Å². The maximum absolute atomic E-state index is 12.6. The van der Waals surface area contributed by atoms with Crippen molar-refractivity contribution in [1.29, 1.82) is 0 Å². The van der Waals surface area contributed by atoms with Gasteiger partial charge in [-0.25, -0.2) is 0 Å². The summed E-state index contributed by atoms with van der Waals surface area (Å²) in [7, 11) is -1.93. The van der Waals surface area contributed by atoms with E-state index in [1.165, 1.54) is 4.31 Å². The van der Waals surface area contributed by atoms with Crippen LogP contribution < -0.4 is 10.0 Å². The van der Waals surface area contributed by atoms with Crippen molar-refractivity contribution in [3.8, 4) is 0 Å². The average Bonchev–Trinajstić information content (AvgIpc) is 2.38. The molecular formula is C13H21N3O2S. The molecule has 106 valence electrons. The first kappa shape index (κ1) is 14.1. The summed E-state index contributed by atoms with van der Waals surface area (Å²) >= 11 is 0. The third kappa shape index (κ3) is 2.84. The molecule has 0 aromatic heterocycles. The molecule has 1 fully saturated rings. The van der Waals surface area contributed by atoms with Crippen molar-refractivity contribution in [2.24, 2.45) is 5.92 Å². The SMILES string of the molecule is CC1CCCN(S(=O)(=O)N(C)c2ccccc2N)C1. The summed E-state index contributed by atoms with van der Waals surface area (Å²) < 4.78 is 28.0. The van der Waals surface area contributed by atoms with E-state index in [9.17, 15) is 8.42 Å². The summed E-state index contributed by atoms with van der Waals surface area (Å²) in [6.45, 7) is 3.25. The number of piperidine rings is 1. The summed E-state index contributed by atoms with van der Waals surface area (Å²) in [5.41, 5.74) is 6.85. The van der Waals surface area contributed by atoms with E-state index in [1.807, 2.05) is 0 Å². The molecule has 1 unspecified atom stereocenters. The van der Waals surface area contributed by atoms with E-state index in [0.29, 0.717) is 30.4 Å². The van der Waals surface area contributed by atoms with Crippen molar-refractivity contribution in [2.45, 2.75) is 19.8 Å². The zero-order valence-electron chi connectivity index (χ0n) is 11.4. The number of hydrogen-bond donors (Lipinski definition) is 1. The van der Waals surface area contributed by atoms with Crippen molar-refractivity contribution in [2.75, 3.05) is 30.2 Å². The molecule has 1 aromatic rings. The lowest BCUT2D eigenvalue weighted by Gasteiger charge is -2.34. The Kier molecular flexibility index (Phi) is 4.01. The number of hydrogen-bond acceptors (Lipinski definition) is 3.